The number of aromatic amines is 1. The second-order valence-electron chi connectivity index (χ2n) is 7.52. The highest BCUT2D eigenvalue weighted by molar-refractivity contribution is 5.94. The predicted octanol–water partition coefficient (Wildman–Crippen LogP) is 2.37. The highest BCUT2D eigenvalue weighted by atomic mass is 16.5. The van der Waals surface area contributed by atoms with Crippen molar-refractivity contribution in [2.45, 2.75) is 38.8 Å². The molecule has 3 aliphatic rings. The Balaban J connectivity index is 1.37. The highest BCUT2D eigenvalue weighted by Gasteiger charge is 2.40. The van der Waals surface area contributed by atoms with Gasteiger partial charge in [-0.1, -0.05) is 0 Å². The molecular weight excluding hydrogens is 358 g/mol. The fourth-order valence-electron chi connectivity index (χ4n) is 4.17. The molecule has 1 aromatic heterocycles. The molecule has 3 aliphatic heterocycles. The minimum atomic E-state index is -0.214. The second kappa shape index (κ2) is 7.63. The van der Waals surface area contributed by atoms with Crippen LogP contribution in [0.2, 0.25) is 0 Å². The van der Waals surface area contributed by atoms with Gasteiger partial charge in [-0.25, -0.2) is 4.98 Å². The topological polar surface area (TPSA) is 99.3 Å². The molecule has 5 rings (SSSR count). The van der Waals surface area contributed by atoms with Crippen LogP contribution in [0, 0.1) is 5.92 Å². The third kappa shape index (κ3) is 3.87. The summed E-state index contributed by atoms with van der Waals surface area (Å²) in [4.78, 5) is 33.0. The summed E-state index contributed by atoms with van der Waals surface area (Å²) in [7, 11) is 0. The van der Waals surface area contributed by atoms with Gasteiger partial charge in [0.05, 0.1) is 6.20 Å². The van der Waals surface area contributed by atoms with E-state index in [0.717, 1.165) is 25.9 Å². The minimum absolute atomic E-state index is 0.0494. The number of hydrogen-bond acceptors (Lipinski definition) is 5. The molecular formula is C20H25N5O3. The molecule has 148 valence electrons. The number of carbonyl (C=O) groups excluding carboxylic acids is 2. The Morgan fingerprint density at radius 1 is 1.21 bits per heavy atom. The molecule has 2 bridgehead atoms. The van der Waals surface area contributed by atoms with Crippen molar-refractivity contribution in [1.29, 1.82) is 0 Å². The molecule has 0 spiro atoms. The van der Waals surface area contributed by atoms with Crippen LogP contribution < -0.4 is 15.4 Å². The van der Waals surface area contributed by atoms with E-state index in [1.807, 2.05) is 0 Å². The van der Waals surface area contributed by atoms with Crippen molar-refractivity contribution in [3.8, 4) is 11.6 Å². The molecule has 2 aromatic rings. The van der Waals surface area contributed by atoms with Gasteiger partial charge < -0.3 is 10.1 Å². The largest absolute Gasteiger partial charge is 0.439 e. The van der Waals surface area contributed by atoms with Crippen molar-refractivity contribution in [3.05, 3.63) is 36.0 Å². The molecule has 2 atom stereocenters. The predicted molar refractivity (Wildman–Crippen MR) is 104 cm³/mol. The number of fused-ring (bicyclic) bond motifs is 3. The zero-order valence-corrected chi connectivity index (χ0v) is 16.1. The van der Waals surface area contributed by atoms with Gasteiger partial charge >= 0.3 is 0 Å². The number of anilines is 1. The summed E-state index contributed by atoms with van der Waals surface area (Å²) in [6.45, 7) is 5.89. The Labute approximate surface area is 163 Å². The van der Waals surface area contributed by atoms with Crippen molar-refractivity contribution < 1.29 is 14.3 Å². The number of nitrogens with one attached hydrogen (secondary N) is 3. The Morgan fingerprint density at radius 2 is 1.93 bits per heavy atom. The van der Waals surface area contributed by atoms with Crippen molar-refractivity contribution in [1.82, 2.24) is 20.2 Å². The first-order valence-corrected chi connectivity index (χ1v) is 9.65. The molecule has 1 aromatic carbocycles. The third-order valence-corrected chi connectivity index (χ3v) is 5.67. The fraction of sp³-hybridized carbons (Fsp3) is 0.450. The Kier molecular flexibility index (Phi) is 5.04. The van der Waals surface area contributed by atoms with Crippen LogP contribution in [0.4, 0.5) is 5.95 Å². The first-order valence-electron chi connectivity index (χ1n) is 9.65. The Hall–Kier alpha value is -2.87. The SMILES string of the molecule is CC(=O)Nc1ncc(Oc2ccc(C(=O)N[C@@H]3C4CCN(CC4)[C@@H]3C)cc2)[nH]1. The number of aromatic nitrogens is 2. The van der Waals surface area contributed by atoms with Crippen molar-refractivity contribution >= 4 is 17.8 Å². The first-order chi connectivity index (χ1) is 13.5. The van der Waals surface area contributed by atoms with Crippen LogP contribution in [0.25, 0.3) is 0 Å². The molecule has 2 amide bonds. The second-order valence-corrected chi connectivity index (χ2v) is 7.52. The number of ether oxygens (including phenoxy) is 1. The van der Waals surface area contributed by atoms with Gasteiger partial charge in [0.15, 0.2) is 0 Å². The van der Waals surface area contributed by atoms with Crippen LogP contribution in [0.3, 0.4) is 0 Å². The molecule has 28 heavy (non-hydrogen) atoms. The van der Waals surface area contributed by atoms with Gasteiger partial charge in [0, 0.05) is 24.6 Å². The van der Waals surface area contributed by atoms with Crippen molar-refractivity contribution in [3.63, 3.8) is 0 Å². The summed E-state index contributed by atoms with van der Waals surface area (Å²) < 4.78 is 5.67. The summed E-state index contributed by atoms with van der Waals surface area (Å²) in [5.74, 6) is 1.61. The van der Waals surface area contributed by atoms with Crippen molar-refractivity contribution in [2.24, 2.45) is 5.92 Å². The molecule has 0 aliphatic carbocycles. The first kappa shape index (κ1) is 18.5. The maximum Gasteiger partial charge on any atom is 0.251 e. The van der Waals surface area contributed by atoms with Crippen LogP contribution in [-0.2, 0) is 4.79 Å². The molecule has 3 fully saturated rings. The van der Waals surface area contributed by atoms with E-state index in [4.69, 9.17) is 4.74 Å². The van der Waals surface area contributed by atoms with Gasteiger partial charge in [-0.05, 0) is 63.0 Å². The number of imidazole rings is 1. The van der Waals surface area contributed by atoms with E-state index >= 15 is 0 Å². The number of H-pyrrole nitrogens is 1. The van der Waals surface area contributed by atoms with E-state index in [2.05, 4.69) is 32.4 Å². The van der Waals surface area contributed by atoms with Gasteiger partial charge in [-0.3, -0.25) is 24.8 Å². The third-order valence-electron chi connectivity index (χ3n) is 5.67. The smallest absolute Gasteiger partial charge is 0.251 e. The number of piperidine rings is 3. The molecule has 0 radical (unpaired) electrons. The van der Waals surface area contributed by atoms with Crippen LogP contribution in [0.5, 0.6) is 11.6 Å². The van der Waals surface area contributed by atoms with E-state index in [1.165, 1.54) is 13.1 Å². The maximum atomic E-state index is 12.7. The molecule has 3 N–H and O–H groups in total. The summed E-state index contributed by atoms with van der Waals surface area (Å²) in [6, 6.07) is 7.59. The van der Waals surface area contributed by atoms with E-state index in [0.29, 0.717) is 35.1 Å². The summed E-state index contributed by atoms with van der Waals surface area (Å²) in [5.41, 5.74) is 0.611. The lowest BCUT2D eigenvalue weighted by Gasteiger charge is -2.49. The molecule has 8 nitrogen and oxygen atoms in total. The standard InChI is InChI=1S/C20H25N5O3/c1-12-18(14-7-9-25(12)10-8-14)24-19(27)15-3-5-16(6-4-15)28-17-11-21-20(23-17)22-13(2)26/h3-6,11-12,14,18H,7-10H2,1-2H3,(H,24,27)(H2,21,22,23,26)/t12-,18+/m1/s1. The molecule has 0 saturated carbocycles. The Bertz CT molecular complexity index is 853. The number of benzene rings is 1. The quantitative estimate of drug-likeness (QED) is 0.736. The molecule has 0 unspecified atom stereocenters. The van der Waals surface area contributed by atoms with Crippen molar-refractivity contribution in [2.75, 3.05) is 18.4 Å². The number of carbonyl (C=O) groups is 2. The van der Waals surface area contributed by atoms with Gasteiger partial charge in [-0.15, -0.1) is 0 Å². The average Bonchev–Trinajstić information content (AvgIpc) is 3.11. The number of amides is 2. The molecule has 4 heterocycles. The highest BCUT2D eigenvalue weighted by Crippen LogP contribution is 2.32. The van der Waals surface area contributed by atoms with E-state index in [9.17, 15) is 9.59 Å². The lowest BCUT2D eigenvalue weighted by Crippen LogP contribution is -2.62. The van der Waals surface area contributed by atoms with Crippen LogP contribution >= 0.6 is 0 Å². The maximum absolute atomic E-state index is 12.7. The lowest BCUT2D eigenvalue weighted by atomic mass is 9.79. The normalized spacial score (nSPS) is 25.9. The summed E-state index contributed by atoms with van der Waals surface area (Å²) in [5, 5.41) is 5.78. The van der Waals surface area contributed by atoms with E-state index in [-0.39, 0.29) is 17.9 Å². The van der Waals surface area contributed by atoms with Gasteiger partial charge in [-0.2, -0.15) is 0 Å². The average molecular weight is 383 g/mol. The van der Waals surface area contributed by atoms with Crippen LogP contribution in [-0.4, -0.2) is 51.9 Å². The van der Waals surface area contributed by atoms with Gasteiger partial charge in [0.2, 0.25) is 17.7 Å². The lowest BCUT2D eigenvalue weighted by molar-refractivity contribution is -0.114. The molecule has 8 heteroatoms. The molecule has 3 saturated heterocycles. The summed E-state index contributed by atoms with van der Waals surface area (Å²) in [6.07, 6.45) is 3.81. The zero-order chi connectivity index (χ0) is 19.7. The number of hydrogen-bond donors (Lipinski definition) is 3. The van der Waals surface area contributed by atoms with Gasteiger partial charge in [0.25, 0.3) is 5.91 Å². The zero-order valence-electron chi connectivity index (χ0n) is 16.1. The Morgan fingerprint density at radius 3 is 2.57 bits per heavy atom. The summed E-state index contributed by atoms with van der Waals surface area (Å²) >= 11 is 0. The van der Waals surface area contributed by atoms with Crippen LogP contribution in [0.1, 0.15) is 37.0 Å². The van der Waals surface area contributed by atoms with E-state index < -0.39 is 0 Å². The monoisotopic (exact) mass is 383 g/mol. The fourth-order valence-corrected chi connectivity index (χ4v) is 4.17. The minimum Gasteiger partial charge on any atom is -0.439 e. The number of rotatable bonds is 5. The van der Waals surface area contributed by atoms with Gasteiger partial charge in [0.1, 0.15) is 5.75 Å². The van der Waals surface area contributed by atoms with Crippen LogP contribution in [0.15, 0.2) is 30.5 Å². The van der Waals surface area contributed by atoms with E-state index in [1.54, 1.807) is 24.3 Å². The number of nitrogens with zero attached hydrogens (tertiary/aromatic N) is 2.